The first-order valence-electron chi connectivity index (χ1n) is 6.63. The van der Waals surface area contributed by atoms with E-state index >= 15 is 0 Å². The fraction of sp³-hybridized carbons (Fsp3) is 0.357. The largest absolute Gasteiger partial charge is 0.346 e. The fourth-order valence-corrected chi connectivity index (χ4v) is 3.03. The van der Waals surface area contributed by atoms with Gasteiger partial charge in [0.2, 0.25) is 0 Å². The second-order valence-electron chi connectivity index (χ2n) is 5.16. The Morgan fingerprint density at radius 1 is 1.29 bits per heavy atom. The van der Waals surface area contributed by atoms with Gasteiger partial charge in [-0.15, -0.1) is 11.3 Å². The summed E-state index contributed by atoms with van der Waals surface area (Å²) < 4.78 is 0. The zero-order chi connectivity index (χ0) is 15.4. The third-order valence-corrected chi connectivity index (χ3v) is 3.86. The van der Waals surface area contributed by atoms with Gasteiger partial charge in [0.05, 0.1) is 11.4 Å². The van der Waals surface area contributed by atoms with Crippen LogP contribution in [0.1, 0.15) is 34.1 Å². The van der Waals surface area contributed by atoms with Crippen LogP contribution in [0.3, 0.4) is 0 Å². The van der Waals surface area contributed by atoms with Crippen molar-refractivity contribution in [1.82, 2.24) is 15.3 Å². The molecule has 2 rings (SSSR count). The number of hydrogen-bond donors (Lipinski definition) is 3. The number of H-pyrrole nitrogens is 2. The molecule has 0 aliphatic carbocycles. The standard InChI is InChI=1S/C14H17N3O3S/c1-8(2)5-10-3-4-11(21-10)13(19)15-7-9-6-12(18)17-14(20)16-9/h3-4,6,8H,5,7H2,1-2H3,(H,15,19)(H2,16,17,18,20). The maximum Gasteiger partial charge on any atom is 0.325 e. The summed E-state index contributed by atoms with van der Waals surface area (Å²) in [6, 6.07) is 4.99. The van der Waals surface area contributed by atoms with E-state index in [9.17, 15) is 14.4 Å². The summed E-state index contributed by atoms with van der Waals surface area (Å²) in [7, 11) is 0. The lowest BCUT2D eigenvalue weighted by Crippen LogP contribution is -2.28. The number of carbonyl (C=O) groups is 1. The Morgan fingerprint density at radius 2 is 2.05 bits per heavy atom. The van der Waals surface area contributed by atoms with E-state index in [2.05, 4.69) is 29.1 Å². The SMILES string of the molecule is CC(C)Cc1ccc(C(=O)NCc2cc(=O)[nH]c(=O)[nH]2)s1. The lowest BCUT2D eigenvalue weighted by molar-refractivity contribution is 0.0954. The van der Waals surface area contributed by atoms with Crippen LogP contribution in [-0.4, -0.2) is 15.9 Å². The molecule has 0 aliphatic rings. The number of thiophene rings is 1. The van der Waals surface area contributed by atoms with Crippen molar-refractivity contribution in [3.63, 3.8) is 0 Å². The molecule has 0 spiro atoms. The maximum absolute atomic E-state index is 12.0. The molecule has 0 saturated carbocycles. The summed E-state index contributed by atoms with van der Waals surface area (Å²) in [5.74, 6) is 0.330. The molecule has 2 heterocycles. The molecule has 6 nitrogen and oxygen atoms in total. The highest BCUT2D eigenvalue weighted by Gasteiger charge is 2.10. The van der Waals surface area contributed by atoms with Gasteiger partial charge in [-0.1, -0.05) is 13.8 Å². The number of carbonyl (C=O) groups excluding carboxylic acids is 1. The van der Waals surface area contributed by atoms with E-state index in [4.69, 9.17) is 0 Å². The molecule has 0 radical (unpaired) electrons. The van der Waals surface area contributed by atoms with Gasteiger partial charge in [0.15, 0.2) is 0 Å². The Labute approximate surface area is 125 Å². The van der Waals surface area contributed by atoms with Crippen LogP contribution in [0.2, 0.25) is 0 Å². The van der Waals surface area contributed by atoms with E-state index in [0.717, 1.165) is 6.42 Å². The number of aromatic amines is 2. The monoisotopic (exact) mass is 307 g/mol. The number of amides is 1. The number of hydrogen-bond acceptors (Lipinski definition) is 4. The van der Waals surface area contributed by atoms with Gasteiger partial charge in [0.25, 0.3) is 11.5 Å². The molecule has 0 aliphatic heterocycles. The van der Waals surface area contributed by atoms with Crippen LogP contribution < -0.4 is 16.6 Å². The van der Waals surface area contributed by atoms with Gasteiger partial charge in [-0.3, -0.25) is 14.6 Å². The minimum absolute atomic E-state index is 0.107. The maximum atomic E-state index is 12.0. The normalized spacial score (nSPS) is 10.8. The summed E-state index contributed by atoms with van der Waals surface area (Å²) in [6.07, 6.45) is 0.944. The van der Waals surface area contributed by atoms with E-state index in [1.54, 1.807) is 6.07 Å². The van der Waals surface area contributed by atoms with E-state index in [1.807, 2.05) is 6.07 Å². The zero-order valence-corrected chi connectivity index (χ0v) is 12.7. The van der Waals surface area contributed by atoms with Gasteiger partial charge in [0, 0.05) is 16.6 Å². The summed E-state index contributed by atoms with van der Waals surface area (Å²) in [6.45, 7) is 4.36. The van der Waals surface area contributed by atoms with Crippen molar-refractivity contribution < 1.29 is 4.79 Å². The van der Waals surface area contributed by atoms with Gasteiger partial charge >= 0.3 is 5.69 Å². The van der Waals surface area contributed by atoms with E-state index in [0.29, 0.717) is 16.5 Å². The number of nitrogens with one attached hydrogen (secondary N) is 3. The molecule has 2 aromatic heterocycles. The fourth-order valence-electron chi connectivity index (χ4n) is 1.89. The minimum Gasteiger partial charge on any atom is -0.346 e. The highest BCUT2D eigenvalue weighted by Crippen LogP contribution is 2.19. The van der Waals surface area contributed by atoms with Crippen molar-refractivity contribution in [2.45, 2.75) is 26.8 Å². The number of aromatic nitrogens is 2. The van der Waals surface area contributed by atoms with E-state index in [1.165, 1.54) is 22.3 Å². The molecular weight excluding hydrogens is 290 g/mol. The van der Waals surface area contributed by atoms with Crippen molar-refractivity contribution in [2.75, 3.05) is 0 Å². The second kappa shape index (κ2) is 6.53. The molecule has 0 atom stereocenters. The highest BCUT2D eigenvalue weighted by molar-refractivity contribution is 7.14. The van der Waals surface area contributed by atoms with Crippen LogP contribution in [0.4, 0.5) is 0 Å². The molecular formula is C14H17N3O3S. The predicted molar refractivity (Wildman–Crippen MR) is 81.7 cm³/mol. The zero-order valence-electron chi connectivity index (χ0n) is 11.9. The smallest absolute Gasteiger partial charge is 0.325 e. The van der Waals surface area contributed by atoms with E-state index in [-0.39, 0.29) is 12.5 Å². The molecule has 7 heteroatoms. The van der Waals surface area contributed by atoms with Crippen LogP contribution in [0.25, 0.3) is 0 Å². The average Bonchev–Trinajstić information content (AvgIpc) is 2.82. The molecule has 21 heavy (non-hydrogen) atoms. The van der Waals surface area contributed by atoms with Crippen molar-refractivity contribution in [3.8, 4) is 0 Å². The average molecular weight is 307 g/mol. The number of rotatable bonds is 5. The Morgan fingerprint density at radius 3 is 2.71 bits per heavy atom. The lowest BCUT2D eigenvalue weighted by Gasteiger charge is -2.03. The van der Waals surface area contributed by atoms with Crippen LogP contribution in [-0.2, 0) is 13.0 Å². The molecule has 0 saturated heterocycles. The summed E-state index contributed by atoms with van der Waals surface area (Å²) >= 11 is 1.46. The topological polar surface area (TPSA) is 94.8 Å². The van der Waals surface area contributed by atoms with Gasteiger partial charge in [-0.05, 0) is 24.5 Å². The van der Waals surface area contributed by atoms with Crippen LogP contribution in [0.5, 0.6) is 0 Å². The Bertz CT molecular complexity index is 714. The van der Waals surface area contributed by atoms with Crippen molar-refractivity contribution in [3.05, 3.63) is 54.5 Å². The molecule has 0 fully saturated rings. The third kappa shape index (κ3) is 4.42. The van der Waals surface area contributed by atoms with Gasteiger partial charge < -0.3 is 10.3 Å². The molecule has 0 unspecified atom stereocenters. The van der Waals surface area contributed by atoms with Crippen LogP contribution >= 0.6 is 11.3 Å². The van der Waals surface area contributed by atoms with Crippen molar-refractivity contribution >= 4 is 17.2 Å². The summed E-state index contributed by atoms with van der Waals surface area (Å²) in [5, 5.41) is 2.68. The summed E-state index contributed by atoms with van der Waals surface area (Å²) in [5.41, 5.74) is -0.698. The van der Waals surface area contributed by atoms with E-state index < -0.39 is 11.2 Å². The third-order valence-electron chi connectivity index (χ3n) is 2.75. The predicted octanol–water partition coefficient (Wildman–Crippen LogP) is 1.25. The molecule has 2 aromatic rings. The van der Waals surface area contributed by atoms with Crippen molar-refractivity contribution in [2.24, 2.45) is 5.92 Å². The first kappa shape index (κ1) is 15.2. The first-order valence-corrected chi connectivity index (χ1v) is 7.45. The molecule has 0 bridgehead atoms. The first-order chi connectivity index (χ1) is 9.94. The Hall–Kier alpha value is -2.15. The molecule has 112 valence electrons. The second-order valence-corrected chi connectivity index (χ2v) is 6.33. The van der Waals surface area contributed by atoms with Crippen molar-refractivity contribution in [1.29, 1.82) is 0 Å². The molecule has 3 N–H and O–H groups in total. The van der Waals surface area contributed by atoms with Crippen LogP contribution in [0.15, 0.2) is 27.8 Å². The highest BCUT2D eigenvalue weighted by atomic mass is 32.1. The molecule has 0 aromatic carbocycles. The van der Waals surface area contributed by atoms with Gasteiger partial charge in [-0.25, -0.2) is 4.79 Å². The Balaban J connectivity index is 1.99. The van der Waals surface area contributed by atoms with Crippen LogP contribution in [0, 0.1) is 5.92 Å². The summed E-state index contributed by atoms with van der Waals surface area (Å²) in [4.78, 5) is 40.6. The molecule has 1 amide bonds. The Kier molecular flexibility index (Phi) is 4.74. The quantitative estimate of drug-likeness (QED) is 0.776. The van der Waals surface area contributed by atoms with Gasteiger partial charge in [-0.2, -0.15) is 0 Å². The van der Waals surface area contributed by atoms with Gasteiger partial charge in [0.1, 0.15) is 0 Å². The lowest BCUT2D eigenvalue weighted by atomic mass is 10.1. The minimum atomic E-state index is -0.581.